The minimum atomic E-state index is 0.228. The molecule has 2 N–H and O–H groups in total. The summed E-state index contributed by atoms with van der Waals surface area (Å²) in [6.07, 6.45) is 1.71. The van der Waals surface area contributed by atoms with E-state index in [0.717, 1.165) is 24.3 Å². The van der Waals surface area contributed by atoms with Crippen LogP contribution in [0.5, 0.6) is 5.75 Å². The third kappa shape index (κ3) is 2.55. The van der Waals surface area contributed by atoms with Crippen LogP contribution < -0.4 is 10.1 Å². The Bertz CT molecular complexity index is 343. The van der Waals surface area contributed by atoms with Gasteiger partial charge in [0.2, 0.25) is 0 Å². The minimum Gasteiger partial charge on any atom is -0.489 e. The molecule has 0 aliphatic carbocycles. The first-order valence-corrected chi connectivity index (χ1v) is 5.47. The smallest absolute Gasteiger partial charge is 0.143 e. The molecule has 1 aliphatic rings. The number of ether oxygens (including phenoxy) is 1. The zero-order chi connectivity index (χ0) is 10.7. The molecule has 0 bridgehead atoms. The number of nitrogens with one attached hydrogen (secondary N) is 1. The van der Waals surface area contributed by atoms with Gasteiger partial charge in [-0.1, -0.05) is 11.6 Å². The Morgan fingerprint density at radius 1 is 1.53 bits per heavy atom. The van der Waals surface area contributed by atoms with Gasteiger partial charge in [0.05, 0.1) is 11.7 Å². The van der Waals surface area contributed by atoms with Gasteiger partial charge in [0, 0.05) is 17.7 Å². The molecule has 1 aliphatic heterocycles. The molecule has 15 heavy (non-hydrogen) atoms. The Morgan fingerprint density at radius 2 is 2.40 bits per heavy atom. The first kappa shape index (κ1) is 10.6. The first-order chi connectivity index (χ1) is 7.29. The standard InChI is InChI=1S/C11H14ClNO2/c12-8-3-4-10-11(6-8)15-7-9(13-10)2-1-5-14/h3-4,6,9,13-14H,1-2,5,7H2. The van der Waals surface area contributed by atoms with E-state index in [1.165, 1.54) is 0 Å². The van der Waals surface area contributed by atoms with Crippen LogP contribution in [0.3, 0.4) is 0 Å². The second-order valence-electron chi connectivity index (χ2n) is 3.66. The molecule has 3 nitrogen and oxygen atoms in total. The molecule has 1 atom stereocenters. The lowest BCUT2D eigenvalue weighted by molar-refractivity contribution is 0.249. The van der Waals surface area contributed by atoms with Crippen molar-refractivity contribution in [3.05, 3.63) is 23.2 Å². The Morgan fingerprint density at radius 3 is 3.20 bits per heavy atom. The normalized spacial score (nSPS) is 18.9. The van der Waals surface area contributed by atoms with Crippen LogP contribution in [0.4, 0.5) is 5.69 Å². The molecule has 4 heteroatoms. The first-order valence-electron chi connectivity index (χ1n) is 5.09. The van der Waals surface area contributed by atoms with E-state index in [1.54, 1.807) is 0 Å². The third-order valence-electron chi connectivity index (χ3n) is 2.45. The maximum atomic E-state index is 8.74. The quantitative estimate of drug-likeness (QED) is 0.833. The van der Waals surface area contributed by atoms with Crippen LogP contribution >= 0.6 is 11.6 Å². The van der Waals surface area contributed by atoms with E-state index in [0.29, 0.717) is 11.6 Å². The van der Waals surface area contributed by atoms with Gasteiger partial charge in [-0.25, -0.2) is 0 Å². The molecular formula is C11H14ClNO2. The number of aliphatic hydroxyl groups excluding tert-OH is 1. The Kier molecular flexibility index (Phi) is 3.34. The summed E-state index contributed by atoms with van der Waals surface area (Å²) in [6.45, 7) is 0.860. The van der Waals surface area contributed by atoms with Gasteiger partial charge < -0.3 is 15.2 Å². The van der Waals surface area contributed by atoms with Gasteiger partial charge in [0.15, 0.2) is 0 Å². The summed E-state index contributed by atoms with van der Waals surface area (Å²) < 4.78 is 5.59. The highest BCUT2D eigenvalue weighted by molar-refractivity contribution is 6.30. The Labute approximate surface area is 94.0 Å². The van der Waals surface area contributed by atoms with Crippen molar-refractivity contribution in [1.82, 2.24) is 0 Å². The molecule has 0 amide bonds. The molecular weight excluding hydrogens is 214 g/mol. The zero-order valence-corrected chi connectivity index (χ0v) is 9.13. The van der Waals surface area contributed by atoms with Crippen LogP contribution in [-0.2, 0) is 0 Å². The summed E-state index contributed by atoms with van der Waals surface area (Å²) in [4.78, 5) is 0. The van der Waals surface area contributed by atoms with E-state index in [-0.39, 0.29) is 12.6 Å². The van der Waals surface area contributed by atoms with Crippen LogP contribution in [0.2, 0.25) is 5.02 Å². The number of fused-ring (bicyclic) bond motifs is 1. The van der Waals surface area contributed by atoms with E-state index >= 15 is 0 Å². The minimum absolute atomic E-state index is 0.228. The van der Waals surface area contributed by atoms with Crippen molar-refractivity contribution >= 4 is 17.3 Å². The molecule has 0 saturated carbocycles. The number of hydrogen-bond donors (Lipinski definition) is 2. The molecule has 0 aromatic heterocycles. The molecule has 2 rings (SSSR count). The summed E-state index contributed by atoms with van der Waals surface area (Å²) in [5.41, 5.74) is 0.980. The summed E-state index contributed by atoms with van der Waals surface area (Å²) in [6, 6.07) is 5.85. The summed E-state index contributed by atoms with van der Waals surface area (Å²) >= 11 is 5.86. The van der Waals surface area contributed by atoms with Gasteiger partial charge in [-0.15, -0.1) is 0 Å². The van der Waals surface area contributed by atoms with Crippen molar-refractivity contribution in [3.63, 3.8) is 0 Å². The highest BCUT2D eigenvalue weighted by Crippen LogP contribution is 2.32. The van der Waals surface area contributed by atoms with Crippen LogP contribution in [0, 0.1) is 0 Å². The van der Waals surface area contributed by atoms with Gasteiger partial charge in [-0.3, -0.25) is 0 Å². The molecule has 0 fully saturated rings. The lowest BCUT2D eigenvalue weighted by atomic mass is 10.1. The number of hydrogen-bond acceptors (Lipinski definition) is 3. The molecule has 1 aromatic carbocycles. The van der Waals surface area contributed by atoms with Gasteiger partial charge in [-0.05, 0) is 25.0 Å². The van der Waals surface area contributed by atoms with Crippen molar-refractivity contribution in [1.29, 1.82) is 0 Å². The van der Waals surface area contributed by atoms with Crippen LogP contribution in [0.25, 0.3) is 0 Å². The predicted octanol–water partition coefficient (Wildman–Crippen LogP) is 2.29. The SMILES string of the molecule is OCCCC1COc2cc(Cl)ccc2N1. The molecule has 1 unspecified atom stereocenters. The number of anilines is 1. The van der Waals surface area contributed by atoms with Gasteiger partial charge >= 0.3 is 0 Å². The molecule has 0 saturated heterocycles. The maximum absolute atomic E-state index is 8.74. The lowest BCUT2D eigenvalue weighted by Gasteiger charge is -2.27. The van der Waals surface area contributed by atoms with Gasteiger partial charge in [-0.2, -0.15) is 0 Å². The van der Waals surface area contributed by atoms with E-state index in [1.807, 2.05) is 18.2 Å². The molecule has 0 radical (unpaired) electrons. The van der Waals surface area contributed by atoms with Crippen LogP contribution in [-0.4, -0.2) is 24.4 Å². The number of aliphatic hydroxyl groups is 1. The highest BCUT2D eigenvalue weighted by Gasteiger charge is 2.18. The topological polar surface area (TPSA) is 41.5 Å². The summed E-state index contributed by atoms with van der Waals surface area (Å²) in [7, 11) is 0. The van der Waals surface area contributed by atoms with Crippen molar-refractivity contribution in [2.75, 3.05) is 18.5 Å². The van der Waals surface area contributed by atoms with Gasteiger partial charge in [0.25, 0.3) is 0 Å². The predicted molar refractivity (Wildman–Crippen MR) is 60.7 cm³/mol. The molecule has 1 aromatic rings. The van der Waals surface area contributed by atoms with E-state index in [9.17, 15) is 0 Å². The van der Waals surface area contributed by atoms with Crippen molar-refractivity contribution in [2.45, 2.75) is 18.9 Å². The molecule has 0 spiro atoms. The average molecular weight is 228 g/mol. The maximum Gasteiger partial charge on any atom is 0.143 e. The Balaban J connectivity index is 2.03. The number of halogens is 1. The summed E-state index contributed by atoms with van der Waals surface area (Å²) in [5, 5.41) is 12.8. The summed E-state index contributed by atoms with van der Waals surface area (Å²) in [5.74, 6) is 0.808. The second kappa shape index (κ2) is 4.73. The number of benzene rings is 1. The van der Waals surface area contributed by atoms with Crippen LogP contribution in [0.1, 0.15) is 12.8 Å². The zero-order valence-electron chi connectivity index (χ0n) is 8.37. The third-order valence-corrected chi connectivity index (χ3v) is 2.69. The average Bonchev–Trinajstić information content (AvgIpc) is 2.26. The second-order valence-corrected chi connectivity index (χ2v) is 4.10. The van der Waals surface area contributed by atoms with Crippen molar-refractivity contribution in [2.24, 2.45) is 0 Å². The largest absolute Gasteiger partial charge is 0.489 e. The van der Waals surface area contributed by atoms with E-state index < -0.39 is 0 Å². The Hall–Kier alpha value is -0.930. The number of rotatable bonds is 3. The monoisotopic (exact) mass is 227 g/mol. The fourth-order valence-corrected chi connectivity index (χ4v) is 1.84. The van der Waals surface area contributed by atoms with Crippen molar-refractivity contribution < 1.29 is 9.84 Å². The fraction of sp³-hybridized carbons (Fsp3) is 0.455. The lowest BCUT2D eigenvalue weighted by Crippen LogP contribution is -2.31. The fourth-order valence-electron chi connectivity index (χ4n) is 1.68. The highest BCUT2D eigenvalue weighted by atomic mass is 35.5. The van der Waals surface area contributed by atoms with E-state index in [4.69, 9.17) is 21.4 Å². The van der Waals surface area contributed by atoms with Crippen molar-refractivity contribution in [3.8, 4) is 5.75 Å². The van der Waals surface area contributed by atoms with Crippen LogP contribution in [0.15, 0.2) is 18.2 Å². The molecule has 82 valence electrons. The van der Waals surface area contributed by atoms with E-state index in [2.05, 4.69) is 5.32 Å². The van der Waals surface area contributed by atoms with Gasteiger partial charge in [0.1, 0.15) is 12.4 Å². The molecule has 1 heterocycles.